The first-order chi connectivity index (χ1) is 7.68. The zero-order chi connectivity index (χ0) is 11.5. The zero-order valence-corrected chi connectivity index (χ0v) is 8.78. The van der Waals surface area contributed by atoms with Gasteiger partial charge in [0, 0.05) is 13.2 Å². The minimum absolute atomic E-state index is 0.0769. The van der Waals surface area contributed by atoms with Gasteiger partial charge >= 0.3 is 5.97 Å². The monoisotopic (exact) mass is 224 g/mol. The molecule has 0 saturated carbocycles. The van der Waals surface area contributed by atoms with E-state index in [9.17, 15) is 9.18 Å². The maximum Gasteiger partial charge on any atom is 0.335 e. The SMILES string of the molecule is O=C(O)c1ccc(F)c(C2CCOCC2)c1. The molecule has 0 aromatic heterocycles. The third kappa shape index (κ3) is 2.22. The molecular formula is C12H13FO3. The van der Waals surface area contributed by atoms with E-state index in [0.29, 0.717) is 18.8 Å². The van der Waals surface area contributed by atoms with Gasteiger partial charge in [0.15, 0.2) is 0 Å². The summed E-state index contributed by atoms with van der Waals surface area (Å²) < 4.78 is 18.8. The largest absolute Gasteiger partial charge is 0.478 e. The molecule has 1 saturated heterocycles. The van der Waals surface area contributed by atoms with Crippen molar-refractivity contribution in [2.75, 3.05) is 13.2 Å². The summed E-state index contributed by atoms with van der Waals surface area (Å²) >= 11 is 0. The Labute approximate surface area is 92.9 Å². The van der Waals surface area contributed by atoms with Crippen molar-refractivity contribution < 1.29 is 19.0 Å². The normalized spacial score (nSPS) is 17.3. The van der Waals surface area contributed by atoms with Crippen LogP contribution >= 0.6 is 0 Å². The molecule has 0 atom stereocenters. The van der Waals surface area contributed by atoms with Crippen molar-refractivity contribution in [3.63, 3.8) is 0 Å². The molecule has 0 bridgehead atoms. The zero-order valence-electron chi connectivity index (χ0n) is 8.78. The second kappa shape index (κ2) is 4.61. The van der Waals surface area contributed by atoms with Gasteiger partial charge in [-0.15, -0.1) is 0 Å². The van der Waals surface area contributed by atoms with Crippen LogP contribution in [0.25, 0.3) is 0 Å². The van der Waals surface area contributed by atoms with Crippen molar-refractivity contribution in [1.82, 2.24) is 0 Å². The van der Waals surface area contributed by atoms with E-state index in [4.69, 9.17) is 9.84 Å². The van der Waals surface area contributed by atoms with E-state index < -0.39 is 5.97 Å². The number of benzene rings is 1. The third-order valence-electron chi connectivity index (χ3n) is 2.90. The van der Waals surface area contributed by atoms with Crippen LogP contribution in [0.5, 0.6) is 0 Å². The van der Waals surface area contributed by atoms with E-state index in [-0.39, 0.29) is 17.3 Å². The molecule has 1 aromatic rings. The van der Waals surface area contributed by atoms with Crippen LogP contribution in [-0.4, -0.2) is 24.3 Å². The van der Waals surface area contributed by atoms with Gasteiger partial charge in [0.2, 0.25) is 0 Å². The second-order valence-corrected chi connectivity index (χ2v) is 3.93. The van der Waals surface area contributed by atoms with Gasteiger partial charge in [0.25, 0.3) is 0 Å². The predicted molar refractivity (Wildman–Crippen MR) is 56.2 cm³/mol. The lowest BCUT2D eigenvalue weighted by Crippen LogP contribution is -2.15. The van der Waals surface area contributed by atoms with E-state index in [1.165, 1.54) is 18.2 Å². The molecule has 0 amide bonds. The van der Waals surface area contributed by atoms with Crippen molar-refractivity contribution in [2.24, 2.45) is 0 Å². The first-order valence-corrected chi connectivity index (χ1v) is 5.29. The Morgan fingerprint density at radius 3 is 2.69 bits per heavy atom. The van der Waals surface area contributed by atoms with Gasteiger partial charge in [-0.3, -0.25) is 0 Å². The quantitative estimate of drug-likeness (QED) is 0.839. The summed E-state index contributed by atoms with van der Waals surface area (Å²) in [4.78, 5) is 10.8. The number of rotatable bonds is 2. The van der Waals surface area contributed by atoms with Crippen molar-refractivity contribution in [2.45, 2.75) is 18.8 Å². The summed E-state index contributed by atoms with van der Waals surface area (Å²) in [5.41, 5.74) is 0.645. The summed E-state index contributed by atoms with van der Waals surface area (Å²) in [6.45, 7) is 1.23. The van der Waals surface area contributed by atoms with Crippen LogP contribution in [0.15, 0.2) is 18.2 Å². The molecule has 1 aliphatic rings. The highest BCUT2D eigenvalue weighted by Gasteiger charge is 2.20. The fraction of sp³-hybridized carbons (Fsp3) is 0.417. The second-order valence-electron chi connectivity index (χ2n) is 3.93. The van der Waals surface area contributed by atoms with Crippen molar-refractivity contribution in [3.8, 4) is 0 Å². The molecule has 0 aliphatic carbocycles. The van der Waals surface area contributed by atoms with Crippen LogP contribution in [0, 0.1) is 5.82 Å². The van der Waals surface area contributed by atoms with Gasteiger partial charge in [-0.25, -0.2) is 9.18 Å². The molecule has 0 unspecified atom stereocenters. The minimum Gasteiger partial charge on any atom is -0.478 e. The van der Waals surface area contributed by atoms with Crippen LogP contribution in [-0.2, 0) is 4.74 Å². The maximum absolute atomic E-state index is 13.6. The highest BCUT2D eigenvalue weighted by molar-refractivity contribution is 5.87. The predicted octanol–water partition coefficient (Wildman–Crippen LogP) is 2.42. The molecule has 1 fully saturated rings. The van der Waals surface area contributed by atoms with Gasteiger partial charge in [-0.05, 0) is 42.5 Å². The number of carboxylic acids is 1. The Bertz CT molecular complexity index is 397. The molecule has 4 heteroatoms. The van der Waals surface area contributed by atoms with E-state index in [1.54, 1.807) is 0 Å². The van der Waals surface area contributed by atoms with E-state index in [0.717, 1.165) is 12.8 Å². The van der Waals surface area contributed by atoms with Crippen molar-refractivity contribution >= 4 is 5.97 Å². The lowest BCUT2D eigenvalue weighted by Gasteiger charge is -2.22. The standard InChI is InChI=1S/C12H13FO3/c13-11-2-1-9(12(14)15)7-10(11)8-3-5-16-6-4-8/h1-2,7-8H,3-6H2,(H,14,15). The first kappa shape index (κ1) is 11.1. The van der Waals surface area contributed by atoms with Crippen LogP contribution in [0.3, 0.4) is 0 Å². The van der Waals surface area contributed by atoms with Crippen LogP contribution < -0.4 is 0 Å². The van der Waals surface area contributed by atoms with Gasteiger partial charge in [-0.2, -0.15) is 0 Å². The Kier molecular flexibility index (Phi) is 3.19. The Balaban J connectivity index is 2.30. The maximum atomic E-state index is 13.6. The van der Waals surface area contributed by atoms with Gasteiger partial charge in [-0.1, -0.05) is 0 Å². The summed E-state index contributed by atoms with van der Waals surface area (Å²) in [5, 5.41) is 8.85. The number of hydrogen-bond donors (Lipinski definition) is 1. The molecule has 0 spiro atoms. The lowest BCUT2D eigenvalue weighted by atomic mass is 9.90. The number of carbonyl (C=O) groups is 1. The molecule has 2 rings (SSSR count). The summed E-state index contributed by atoms with van der Waals surface area (Å²) in [7, 11) is 0. The smallest absolute Gasteiger partial charge is 0.335 e. The molecule has 1 heterocycles. The van der Waals surface area contributed by atoms with Crippen molar-refractivity contribution in [1.29, 1.82) is 0 Å². The molecule has 1 N–H and O–H groups in total. The highest BCUT2D eigenvalue weighted by atomic mass is 19.1. The van der Waals surface area contributed by atoms with Crippen LogP contribution in [0.1, 0.15) is 34.7 Å². The average Bonchev–Trinajstić information content (AvgIpc) is 2.30. The summed E-state index contributed by atoms with van der Waals surface area (Å²) in [6.07, 6.45) is 1.50. The number of aromatic carboxylic acids is 1. The van der Waals surface area contributed by atoms with Crippen LogP contribution in [0.2, 0.25) is 0 Å². The molecule has 86 valence electrons. The molecular weight excluding hydrogens is 211 g/mol. The fourth-order valence-corrected chi connectivity index (χ4v) is 2.00. The summed E-state index contributed by atoms with van der Waals surface area (Å²) in [6, 6.07) is 3.96. The number of ether oxygens (including phenoxy) is 1. The molecule has 3 nitrogen and oxygen atoms in total. The Morgan fingerprint density at radius 1 is 1.38 bits per heavy atom. The number of carboxylic acid groups (broad SMARTS) is 1. The first-order valence-electron chi connectivity index (χ1n) is 5.29. The topological polar surface area (TPSA) is 46.5 Å². The molecule has 1 aliphatic heterocycles. The number of halogens is 1. The third-order valence-corrected chi connectivity index (χ3v) is 2.90. The Morgan fingerprint density at radius 2 is 2.06 bits per heavy atom. The fourth-order valence-electron chi connectivity index (χ4n) is 2.00. The molecule has 1 aromatic carbocycles. The highest BCUT2D eigenvalue weighted by Crippen LogP contribution is 2.29. The van der Waals surface area contributed by atoms with Gasteiger partial charge in [0.05, 0.1) is 5.56 Å². The average molecular weight is 224 g/mol. The minimum atomic E-state index is -1.02. The Hall–Kier alpha value is -1.42. The lowest BCUT2D eigenvalue weighted by molar-refractivity contribution is 0.0696. The molecule has 0 radical (unpaired) electrons. The summed E-state index contributed by atoms with van der Waals surface area (Å²) in [5.74, 6) is -1.27. The van der Waals surface area contributed by atoms with Crippen molar-refractivity contribution in [3.05, 3.63) is 35.1 Å². The molecule has 16 heavy (non-hydrogen) atoms. The van der Waals surface area contributed by atoms with Crippen LogP contribution in [0.4, 0.5) is 4.39 Å². The van der Waals surface area contributed by atoms with Gasteiger partial charge < -0.3 is 9.84 Å². The van der Waals surface area contributed by atoms with E-state index in [1.807, 2.05) is 0 Å². The number of hydrogen-bond acceptors (Lipinski definition) is 2. The van der Waals surface area contributed by atoms with Gasteiger partial charge in [0.1, 0.15) is 5.82 Å². The van der Waals surface area contributed by atoms with E-state index in [2.05, 4.69) is 0 Å². The van der Waals surface area contributed by atoms with E-state index >= 15 is 0 Å².